The molecule has 0 radical (unpaired) electrons. The van der Waals surface area contributed by atoms with Gasteiger partial charge >= 0.3 is 5.97 Å². The van der Waals surface area contributed by atoms with Gasteiger partial charge in [0.05, 0.1) is 13.5 Å². The molecule has 0 aliphatic heterocycles. The summed E-state index contributed by atoms with van der Waals surface area (Å²) >= 11 is 0. The summed E-state index contributed by atoms with van der Waals surface area (Å²) in [5.41, 5.74) is 7.70. The van der Waals surface area contributed by atoms with E-state index in [1.807, 2.05) is 25.1 Å². The van der Waals surface area contributed by atoms with Crippen LogP contribution >= 0.6 is 12.4 Å². The monoisotopic (exact) mass is 271 g/mol. The molecule has 3 N–H and O–H groups in total. The number of rotatable bonds is 3. The second-order valence-electron chi connectivity index (χ2n) is 4.89. The van der Waals surface area contributed by atoms with Crippen molar-refractivity contribution in [1.29, 1.82) is 0 Å². The van der Waals surface area contributed by atoms with Crippen LogP contribution in [0.2, 0.25) is 0 Å². The van der Waals surface area contributed by atoms with E-state index in [2.05, 4.69) is 0 Å². The molecule has 4 nitrogen and oxygen atoms in total. The van der Waals surface area contributed by atoms with Gasteiger partial charge in [0.15, 0.2) is 0 Å². The predicted molar refractivity (Wildman–Crippen MR) is 71.4 cm³/mol. The van der Waals surface area contributed by atoms with Crippen molar-refractivity contribution in [2.45, 2.75) is 31.2 Å². The molecule has 0 fully saturated rings. The molecule has 0 saturated carbocycles. The largest absolute Gasteiger partial charge is 0.497 e. The highest BCUT2D eigenvalue weighted by Gasteiger charge is 2.40. The van der Waals surface area contributed by atoms with Gasteiger partial charge in [-0.15, -0.1) is 12.4 Å². The first-order valence-electron chi connectivity index (χ1n) is 5.62. The predicted octanol–water partition coefficient (Wildman–Crippen LogP) is 2.25. The number of benzene rings is 1. The number of fused-ring (bicyclic) bond motifs is 1. The third-order valence-electron chi connectivity index (χ3n) is 3.52. The molecule has 2 atom stereocenters. The summed E-state index contributed by atoms with van der Waals surface area (Å²) in [6.45, 7) is 1.95. The Balaban J connectivity index is 0.00000162. The number of carbonyl (C=O) groups is 1. The first kappa shape index (κ1) is 14.8. The zero-order valence-corrected chi connectivity index (χ0v) is 11.3. The van der Waals surface area contributed by atoms with Crippen LogP contribution in [0.5, 0.6) is 5.75 Å². The zero-order valence-electron chi connectivity index (χ0n) is 10.5. The lowest BCUT2D eigenvalue weighted by Gasteiger charge is -2.23. The summed E-state index contributed by atoms with van der Waals surface area (Å²) in [5.74, 6) is -0.0511. The van der Waals surface area contributed by atoms with E-state index in [1.54, 1.807) is 7.11 Å². The van der Waals surface area contributed by atoms with Crippen molar-refractivity contribution < 1.29 is 14.6 Å². The molecule has 0 saturated heterocycles. The number of ether oxygens (including phenoxy) is 1. The number of hydrogen-bond donors (Lipinski definition) is 2. The van der Waals surface area contributed by atoms with E-state index in [0.717, 1.165) is 16.9 Å². The highest BCUT2D eigenvalue weighted by atomic mass is 35.5. The minimum atomic E-state index is -0.796. The summed E-state index contributed by atoms with van der Waals surface area (Å²) in [7, 11) is 1.60. The molecule has 5 heteroatoms. The minimum absolute atomic E-state index is 0. The number of carboxylic acids is 1. The minimum Gasteiger partial charge on any atom is -0.497 e. The fraction of sp³-hybridized carbons (Fsp3) is 0.462. The summed E-state index contributed by atoms with van der Waals surface area (Å²) in [4.78, 5) is 11.0. The van der Waals surface area contributed by atoms with Crippen LogP contribution in [0, 0.1) is 0 Å². The maximum Gasteiger partial charge on any atom is 0.304 e. The van der Waals surface area contributed by atoms with Crippen molar-refractivity contribution in [2.75, 3.05) is 7.11 Å². The van der Waals surface area contributed by atoms with E-state index in [-0.39, 0.29) is 24.9 Å². The molecule has 0 aromatic heterocycles. The Morgan fingerprint density at radius 2 is 2.28 bits per heavy atom. The highest BCUT2D eigenvalue weighted by molar-refractivity contribution is 5.85. The quantitative estimate of drug-likeness (QED) is 0.884. The zero-order chi connectivity index (χ0) is 12.6. The summed E-state index contributed by atoms with van der Waals surface area (Å²) in [5, 5.41) is 9.01. The van der Waals surface area contributed by atoms with Crippen molar-refractivity contribution in [1.82, 2.24) is 0 Å². The molecule has 100 valence electrons. The van der Waals surface area contributed by atoms with Gasteiger partial charge < -0.3 is 15.6 Å². The molecule has 2 unspecified atom stereocenters. The van der Waals surface area contributed by atoms with Crippen molar-refractivity contribution in [3.63, 3.8) is 0 Å². The number of methoxy groups -OCH3 is 1. The van der Waals surface area contributed by atoms with Gasteiger partial charge in [-0.1, -0.05) is 13.0 Å². The number of nitrogens with two attached hydrogens (primary N) is 1. The number of aliphatic carboxylic acids is 1. The van der Waals surface area contributed by atoms with E-state index in [4.69, 9.17) is 15.6 Å². The van der Waals surface area contributed by atoms with Crippen molar-refractivity contribution >= 4 is 18.4 Å². The van der Waals surface area contributed by atoms with Gasteiger partial charge in [0.1, 0.15) is 5.75 Å². The van der Waals surface area contributed by atoms with Gasteiger partial charge in [0.25, 0.3) is 0 Å². The fourth-order valence-corrected chi connectivity index (χ4v) is 2.71. The molecule has 1 aliphatic rings. The molecule has 1 aromatic carbocycles. The normalized spacial score (nSPS) is 25.2. The lowest BCUT2D eigenvalue weighted by atomic mass is 9.81. The lowest BCUT2D eigenvalue weighted by Crippen LogP contribution is -2.23. The molecule has 0 bridgehead atoms. The average Bonchev–Trinajstić information content (AvgIpc) is 2.49. The Morgan fingerprint density at radius 1 is 1.61 bits per heavy atom. The third-order valence-corrected chi connectivity index (χ3v) is 3.52. The average molecular weight is 272 g/mol. The molecular weight excluding hydrogens is 254 g/mol. The van der Waals surface area contributed by atoms with E-state index in [1.165, 1.54) is 0 Å². The van der Waals surface area contributed by atoms with Gasteiger partial charge in [0.2, 0.25) is 0 Å². The van der Waals surface area contributed by atoms with Crippen LogP contribution in [0.15, 0.2) is 18.2 Å². The van der Waals surface area contributed by atoms with Crippen LogP contribution < -0.4 is 10.5 Å². The van der Waals surface area contributed by atoms with Gasteiger partial charge in [-0.3, -0.25) is 4.79 Å². The number of halogens is 1. The van der Waals surface area contributed by atoms with Crippen molar-refractivity contribution in [3.8, 4) is 5.75 Å². The summed E-state index contributed by atoms with van der Waals surface area (Å²) in [6, 6.07) is 5.63. The summed E-state index contributed by atoms with van der Waals surface area (Å²) < 4.78 is 5.18. The second kappa shape index (κ2) is 5.16. The highest BCUT2D eigenvalue weighted by Crippen LogP contribution is 2.46. The number of hydrogen-bond acceptors (Lipinski definition) is 3. The fourth-order valence-electron chi connectivity index (χ4n) is 2.71. The van der Waals surface area contributed by atoms with Gasteiger partial charge in [0, 0.05) is 11.5 Å². The van der Waals surface area contributed by atoms with Gasteiger partial charge in [-0.2, -0.15) is 0 Å². The molecule has 0 heterocycles. The van der Waals surface area contributed by atoms with E-state index in [9.17, 15) is 4.79 Å². The second-order valence-corrected chi connectivity index (χ2v) is 4.89. The Kier molecular flexibility index (Phi) is 4.24. The molecule has 1 aliphatic carbocycles. The molecule has 0 amide bonds. The van der Waals surface area contributed by atoms with Crippen LogP contribution in [-0.2, 0) is 10.2 Å². The Hall–Kier alpha value is -1.26. The first-order chi connectivity index (χ1) is 7.96. The van der Waals surface area contributed by atoms with Gasteiger partial charge in [-0.05, 0) is 29.7 Å². The standard InChI is InChI=1S/C13H17NO3.ClH/c1-13(7-12(15)16)6-11(14)9-4-3-8(17-2)5-10(9)13;/h3-5,11H,6-7,14H2,1-2H3,(H,15,16);1H. The lowest BCUT2D eigenvalue weighted by molar-refractivity contribution is -0.138. The Bertz CT molecular complexity index is 464. The Morgan fingerprint density at radius 3 is 2.83 bits per heavy atom. The van der Waals surface area contributed by atoms with E-state index < -0.39 is 11.4 Å². The van der Waals surface area contributed by atoms with Crippen LogP contribution in [0.25, 0.3) is 0 Å². The maximum absolute atomic E-state index is 11.0. The van der Waals surface area contributed by atoms with Gasteiger partial charge in [-0.25, -0.2) is 0 Å². The molecule has 2 rings (SSSR count). The van der Waals surface area contributed by atoms with E-state index >= 15 is 0 Å². The van der Waals surface area contributed by atoms with Crippen LogP contribution in [0.3, 0.4) is 0 Å². The maximum atomic E-state index is 11.0. The Labute approximate surface area is 113 Å². The van der Waals surface area contributed by atoms with Crippen LogP contribution in [-0.4, -0.2) is 18.2 Å². The van der Waals surface area contributed by atoms with Crippen LogP contribution in [0.1, 0.15) is 36.9 Å². The molecule has 0 spiro atoms. The molecular formula is C13H18ClNO3. The van der Waals surface area contributed by atoms with Crippen molar-refractivity contribution in [2.24, 2.45) is 5.73 Å². The van der Waals surface area contributed by atoms with Crippen molar-refractivity contribution in [3.05, 3.63) is 29.3 Å². The topological polar surface area (TPSA) is 72.5 Å². The van der Waals surface area contributed by atoms with E-state index in [0.29, 0.717) is 6.42 Å². The molecule has 18 heavy (non-hydrogen) atoms. The summed E-state index contributed by atoms with van der Waals surface area (Å²) in [6.07, 6.45) is 0.767. The van der Waals surface area contributed by atoms with Crippen LogP contribution in [0.4, 0.5) is 0 Å². The SMILES string of the molecule is COc1ccc2c(c1)C(C)(CC(=O)O)CC2N.Cl. The number of carboxylic acid groups (broad SMARTS) is 1. The first-order valence-corrected chi connectivity index (χ1v) is 5.62. The molecule has 1 aromatic rings. The third kappa shape index (κ3) is 2.44. The smallest absolute Gasteiger partial charge is 0.304 e.